The van der Waals surface area contributed by atoms with Gasteiger partial charge in [0, 0.05) is 11.1 Å². The summed E-state index contributed by atoms with van der Waals surface area (Å²) in [7, 11) is 1.59. The molecule has 0 spiro atoms. The lowest BCUT2D eigenvalue weighted by Gasteiger charge is -2.22. The highest BCUT2D eigenvalue weighted by Crippen LogP contribution is 2.27. The summed E-state index contributed by atoms with van der Waals surface area (Å²) in [5.74, 6) is 0.862. The van der Waals surface area contributed by atoms with Crippen molar-refractivity contribution in [1.29, 1.82) is 0 Å². The second-order valence-electron chi connectivity index (χ2n) is 7.34. The van der Waals surface area contributed by atoms with Crippen LogP contribution in [0.3, 0.4) is 0 Å². The van der Waals surface area contributed by atoms with E-state index in [4.69, 9.17) is 9.47 Å². The van der Waals surface area contributed by atoms with Crippen molar-refractivity contribution in [3.8, 4) is 11.5 Å². The summed E-state index contributed by atoms with van der Waals surface area (Å²) in [6, 6.07) is 32.5. The molecule has 0 aromatic heterocycles. The van der Waals surface area contributed by atoms with E-state index in [2.05, 4.69) is 0 Å². The Balaban J connectivity index is 1.48. The van der Waals surface area contributed by atoms with Crippen molar-refractivity contribution in [2.24, 2.45) is 0 Å². The van der Waals surface area contributed by atoms with Crippen molar-refractivity contribution < 1.29 is 19.1 Å². The van der Waals surface area contributed by atoms with Crippen molar-refractivity contribution in [3.63, 3.8) is 0 Å². The Morgan fingerprint density at radius 1 is 0.706 bits per heavy atom. The van der Waals surface area contributed by atoms with Gasteiger partial charge in [-0.2, -0.15) is 0 Å². The molecule has 0 saturated heterocycles. The first-order valence-corrected chi connectivity index (χ1v) is 10.7. The largest absolute Gasteiger partial charge is 0.496 e. The maximum atomic E-state index is 13.1. The molecule has 0 fully saturated rings. The van der Waals surface area contributed by atoms with Crippen LogP contribution in [0, 0.1) is 0 Å². The maximum Gasteiger partial charge on any atom is 0.424 e. The lowest BCUT2D eigenvalue weighted by Crippen LogP contribution is -2.29. The molecule has 4 aromatic rings. The normalized spacial score (nSPS) is 10.6. The van der Waals surface area contributed by atoms with Gasteiger partial charge in [-0.1, -0.05) is 54.6 Å². The Morgan fingerprint density at radius 2 is 1.26 bits per heavy atom. The molecule has 4 aromatic carbocycles. The Kier molecular flexibility index (Phi) is 7.16. The van der Waals surface area contributed by atoms with Gasteiger partial charge in [0.1, 0.15) is 11.5 Å². The van der Waals surface area contributed by atoms with E-state index in [0.717, 1.165) is 5.56 Å². The summed E-state index contributed by atoms with van der Waals surface area (Å²) in [6.07, 6.45) is 2.66. The number of anilines is 2. The molecule has 0 bridgehead atoms. The van der Waals surface area contributed by atoms with Crippen LogP contribution < -0.4 is 14.4 Å². The van der Waals surface area contributed by atoms with Gasteiger partial charge in [0.05, 0.1) is 18.5 Å². The van der Waals surface area contributed by atoms with Crippen molar-refractivity contribution in [2.75, 3.05) is 12.0 Å². The number of nitrogens with zero attached hydrogens (tertiary/aromatic N) is 1. The summed E-state index contributed by atoms with van der Waals surface area (Å²) < 4.78 is 10.9. The van der Waals surface area contributed by atoms with Gasteiger partial charge in [-0.05, 0) is 66.7 Å². The summed E-state index contributed by atoms with van der Waals surface area (Å²) in [6.45, 7) is 0. The lowest BCUT2D eigenvalue weighted by molar-refractivity contribution is 0.104. The molecule has 1 amide bonds. The van der Waals surface area contributed by atoms with Crippen molar-refractivity contribution in [1.82, 2.24) is 0 Å². The number of hydrogen-bond donors (Lipinski definition) is 0. The van der Waals surface area contributed by atoms with E-state index >= 15 is 0 Å². The van der Waals surface area contributed by atoms with Crippen LogP contribution in [-0.2, 0) is 0 Å². The Hall–Kier alpha value is -4.64. The molecule has 5 nitrogen and oxygen atoms in total. The molecule has 4 rings (SSSR count). The van der Waals surface area contributed by atoms with Crippen LogP contribution >= 0.6 is 0 Å². The Morgan fingerprint density at radius 3 is 1.85 bits per heavy atom. The average molecular weight is 450 g/mol. The van der Waals surface area contributed by atoms with Gasteiger partial charge < -0.3 is 9.47 Å². The Bertz CT molecular complexity index is 1240. The van der Waals surface area contributed by atoms with Gasteiger partial charge in [-0.25, -0.2) is 9.69 Å². The predicted molar refractivity (Wildman–Crippen MR) is 134 cm³/mol. The van der Waals surface area contributed by atoms with Crippen LogP contribution in [0.15, 0.2) is 115 Å². The van der Waals surface area contributed by atoms with Gasteiger partial charge in [0.15, 0.2) is 5.78 Å². The quantitative estimate of drug-likeness (QED) is 0.227. The third-order valence-corrected chi connectivity index (χ3v) is 5.11. The molecule has 0 heterocycles. The zero-order valence-electron chi connectivity index (χ0n) is 18.6. The number of para-hydroxylation sites is 3. The smallest absolute Gasteiger partial charge is 0.424 e. The number of ketones is 1. The summed E-state index contributed by atoms with van der Waals surface area (Å²) in [4.78, 5) is 27.1. The molecule has 0 aliphatic rings. The van der Waals surface area contributed by atoms with E-state index in [-0.39, 0.29) is 5.78 Å². The molecular weight excluding hydrogens is 426 g/mol. The van der Waals surface area contributed by atoms with Gasteiger partial charge in [-0.15, -0.1) is 0 Å². The predicted octanol–water partition coefficient (Wildman–Crippen LogP) is 6.93. The van der Waals surface area contributed by atoms with E-state index in [0.29, 0.717) is 28.4 Å². The van der Waals surface area contributed by atoms with Gasteiger partial charge in [0.25, 0.3) is 0 Å². The minimum Gasteiger partial charge on any atom is -0.496 e. The van der Waals surface area contributed by atoms with Crippen LogP contribution in [0.5, 0.6) is 11.5 Å². The standard InChI is InChI=1S/C29H23NO4/c1-33-28-15-9-8-10-23(28)18-21-27(31)22-16-19-26(20-17-22)34-29(32)30(24-11-4-2-5-12-24)25-13-6-3-7-14-25/h2-21H,1H3/b21-18+. The Labute approximate surface area is 198 Å². The zero-order valence-corrected chi connectivity index (χ0v) is 18.6. The number of rotatable bonds is 7. The molecule has 0 N–H and O–H groups in total. The van der Waals surface area contributed by atoms with E-state index in [1.807, 2.05) is 84.9 Å². The number of benzene rings is 4. The number of amides is 1. The maximum absolute atomic E-state index is 13.1. The summed E-state index contributed by atoms with van der Waals surface area (Å²) in [5.41, 5.74) is 2.67. The second kappa shape index (κ2) is 10.8. The van der Waals surface area contributed by atoms with E-state index in [1.165, 1.54) is 11.0 Å². The third kappa shape index (κ3) is 5.40. The molecule has 0 atom stereocenters. The van der Waals surface area contributed by atoms with Crippen LogP contribution in [0.2, 0.25) is 0 Å². The highest BCUT2D eigenvalue weighted by atomic mass is 16.6. The lowest BCUT2D eigenvalue weighted by atomic mass is 10.1. The minimum atomic E-state index is -0.549. The van der Waals surface area contributed by atoms with E-state index in [9.17, 15) is 9.59 Å². The zero-order chi connectivity index (χ0) is 23.8. The number of ether oxygens (including phenoxy) is 2. The monoisotopic (exact) mass is 449 g/mol. The van der Waals surface area contributed by atoms with Crippen molar-refractivity contribution in [3.05, 3.63) is 126 Å². The number of methoxy groups -OCH3 is 1. The summed E-state index contributed by atoms with van der Waals surface area (Å²) in [5, 5.41) is 0. The van der Waals surface area contributed by atoms with Gasteiger partial charge in [0.2, 0.25) is 0 Å². The average Bonchev–Trinajstić information content (AvgIpc) is 2.89. The van der Waals surface area contributed by atoms with Crippen LogP contribution in [-0.4, -0.2) is 19.0 Å². The van der Waals surface area contributed by atoms with Crippen LogP contribution in [0.25, 0.3) is 6.08 Å². The van der Waals surface area contributed by atoms with Crippen LogP contribution in [0.4, 0.5) is 16.2 Å². The van der Waals surface area contributed by atoms with Crippen LogP contribution in [0.1, 0.15) is 15.9 Å². The fourth-order valence-electron chi connectivity index (χ4n) is 3.41. The third-order valence-electron chi connectivity index (χ3n) is 5.11. The first-order chi connectivity index (χ1) is 16.7. The first-order valence-electron chi connectivity index (χ1n) is 10.7. The van der Waals surface area contributed by atoms with E-state index in [1.54, 1.807) is 37.5 Å². The molecule has 0 saturated carbocycles. The molecular formula is C29H23NO4. The highest BCUT2D eigenvalue weighted by Gasteiger charge is 2.20. The van der Waals surface area contributed by atoms with Crippen molar-refractivity contribution in [2.45, 2.75) is 0 Å². The SMILES string of the molecule is COc1ccccc1/C=C/C(=O)c1ccc(OC(=O)N(c2ccccc2)c2ccccc2)cc1. The second-order valence-corrected chi connectivity index (χ2v) is 7.34. The summed E-state index contributed by atoms with van der Waals surface area (Å²) >= 11 is 0. The molecule has 5 heteroatoms. The number of carbonyl (C=O) groups is 2. The first kappa shape index (κ1) is 22.6. The fraction of sp³-hybridized carbons (Fsp3) is 0.0345. The van der Waals surface area contributed by atoms with Crippen molar-refractivity contribution >= 4 is 29.3 Å². The molecule has 0 aliphatic heterocycles. The molecule has 0 radical (unpaired) electrons. The minimum absolute atomic E-state index is 0.168. The van der Waals surface area contributed by atoms with Gasteiger partial charge >= 0.3 is 6.09 Å². The molecule has 0 unspecified atom stereocenters. The van der Waals surface area contributed by atoms with E-state index < -0.39 is 6.09 Å². The number of allylic oxidation sites excluding steroid dienone is 1. The highest BCUT2D eigenvalue weighted by molar-refractivity contribution is 6.07. The molecule has 0 aliphatic carbocycles. The molecule has 168 valence electrons. The number of hydrogen-bond acceptors (Lipinski definition) is 4. The number of carbonyl (C=O) groups excluding carboxylic acids is 2. The topological polar surface area (TPSA) is 55.8 Å². The molecule has 34 heavy (non-hydrogen) atoms. The van der Waals surface area contributed by atoms with Gasteiger partial charge in [-0.3, -0.25) is 4.79 Å². The fourth-order valence-corrected chi connectivity index (χ4v) is 3.41.